The molecule has 0 aliphatic carbocycles. The maximum absolute atomic E-state index is 3.55. The summed E-state index contributed by atoms with van der Waals surface area (Å²) in [6, 6.07) is 4.92. The largest absolute Gasteiger partial charge is 0.311 e. The molecule has 29 heavy (non-hydrogen) atoms. The van der Waals surface area contributed by atoms with Crippen LogP contribution in [0.25, 0.3) is 6.20 Å². The van der Waals surface area contributed by atoms with Crippen molar-refractivity contribution in [3.05, 3.63) is 70.1 Å². The fourth-order valence-corrected chi connectivity index (χ4v) is 4.23. The van der Waals surface area contributed by atoms with Gasteiger partial charge in [0.25, 0.3) is 0 Å². The predicted octanol–water partition coefficient (Wildman–Crippen LogP) is 6.28. The summed E-state index contributed by atoms with van der Waals surface area (Å²) in [4.78, 5) is 0. The van der Waals surface area contributed by atoms with E-state index in [1.54, 1.807) is 0 Å². The lowest BCUT2D eigenvalue weighted by atomic mass is 9.66. The molecular weight excluding hydrogens is 352 g/mol. The normalized spacial score (nSPS) is 22.4. The van der Waals surface area contributed by atoms with E-state index in [4.69, 9.17) is 0 Å². The molecule has 1 aromatic heterocycles. The van der Waals surface area contributed by atoms with Gasteiger partial charge in [0.05, 0.1) is 5.41 Å². The zero-order valence-electron chi connectivity index (χ0n) is 20.1. The van der Waals surface area contributed by atoms with Crippen LogP contribution in [-0.2, 0) is 5.41 Å². The van der Waals surface area contributed by atoms with Gasteiger partial charge in [-0.25, -0.2) is 0 Å². The molecule has 1 aromatic rings. The highest BCUT2D eigenvalue weighted by atomic mass is 15.0. The van der Waals surface area contributed by atoms with Crippen LogP contribution < -0.4 is 9.88 Å². The predicted molar refractivity (Wildman–Crippen MR) is 127 cm³/mol. The number of nitrogens with one attached hydrogen (secondary N) is 1. The second kappa shape index (κ2) is 9.71. The number of aryl methyl sites for hydroxylation is 1. The van der Waals surface area contributed by atoms with Crippen LogP contribution >= 0.6 is 0 Å². The minimum Gasteiger partial charge on any atom is -0.311 e. The van der Waals surface area contributed by atoms with Crippen molar-refractivity contribution in [3.63, 3.8) is 0 Å². The number of hydrogen-bond acceptors (Lipinski definition) is 1. The fraction of sp³-hybridized carbons (Fsp3) is 0.519. The molecule has 0 bridgehead atoms. The van der Waals surface area contributed by atoms with Gasteiger partial charge in [-0.2, -0.15) is 4.57 Å². The third kappa shape index (κ3) is 5.17. The summed E-state index contributed by atoms with van der Waals surface area (Å²) in [5, 5.41) is 3.55. The zero-order valence-corrected chi connectivity index (χ0v) is 20.1. The van der Waals surface area contributed by atoms with Gasteiger partial charge >= 0.3 is 0 Å². The van der Waals surface area contributed by atoms with Crippen molar-refractivity contribution in [1.82, 2.24) is 5.32 Å². The molecular formula is C27H41N2+. The molecule has 1 aliphatic heterocycles. The van der Waals surface area contributed by atoms with Crippen molar-refractivity contribution >= 4 is 6.20 Å². The summed E-state index contributed by atoms with van der Waals surface area (Å²) < 4.78 is 2.32. The molecule has 0 spiro atoms. The number of fused-ring (bicyclic) bond motifs is 1. The molecule has 1 aliphatic rings. The molecule has 1 N–H and O–H groups in total. The van der Waals surface area contributed by atoms with Crippen LogP contribution in [0.1, 0.15) is 73.1 Å². The van der Waals surface area contributed by atoms with Crippen molar-refractivity contribution in [2.24, 2.45) is 5.92 Å². The Morgan fingerprint density at radius 2 is 1.86 bits per heavy atom. The number of allylic oxidation sites excluding steroid dienone is 6. The average molecular weight is 394 g/mol. The second-order valence-corrected chi connectivity index (χ2v) is 9.13. The summed E-state index contributed by atoms with van der Waals surface area (Å²) in [6.07, 6.45) is 12.7. The van der Waals surface area contributed by atoms with E-state index in [1.165, 1.54) is 33.5 Å². The van der Waals surface area contributed by atoms with Crippen LogP contribution in [0.5, 0.6) is 0 Å². The summed E-state index contributed by atoms with van der Waals surface area (Å²) in [6.45, 7) is 21.2. The molecule has 2 nitrogen and oxygen atoms in total. The fourth-order valence-electron chi connectivity index (χ4n) is 4.23. The van der Waals surface area contributed by atoms with Crippen molar-refractivity contribution in [2.45, 2.75) is 80.2 Å². The van der Waals surface area contributed by atoms with Crippen molar-refractivity contribution in [3.8, 4) is 0 Å². The highest BCUT2D eigenvalue weighted by molar-refractivity contribution is 5.46. The van der Waals surface area contributed by atoms with Gasteiger partial charge in [-0.05, 0) is 84.6 Å². The molecule has 0 amide bonds. The monoisotopic (exact) mass is 393 g/mol. The number of aromatic nitrogens is 1. The van der Waals surface area contributed by atoms with Gasteiger partial charge < -0.3 is 5.32 Å². The van der Waals surface area contributed by atoms with Crippen LogP contribution in [0.2, 0.25) is 0 Å². The lowest BCUT2D eigenvalue weighted by Gasteiger charge is -2.36. The molecule has 2 heteroatoms. The van der Waals surface area contributed by atoms with Crippen LogP contribution in [-0.4, -0.2) is 12.6 Å². The summed E-state index contributed by atoms with van der Waals surface area (Å²) >= 11 is 0. The Morgan fingerprint density at radius 1 is 1.17 bits per heavy atom. The van der Waals surface area contributed by atoms with Gasteiger partial charge in [-0.1, -0.05) is 37.1 Å². The lowest BCUT2D eigenvalue weighted by Crippen LogP contribution is -2.48. The number of hydrogen-bond donors (Lipinski definition) is 1. The minimum absolute atomic E-state index is 0.0399. The minimum atomic E-state index is -0.0399. The first kappa shape index (κ1) is 23.3. The van der Waals surface area contributed by atoms with E-state index in [9.17, 15) is 0 Å². The van der Waals surface area contributed by atoms with Crippen LogP contribution in [0, 0.1) is 12.8 Å². The Kier molecular flexibility index (Phi) is 7.82. The maximum atomic E-state index is 3.55. The van der Waals surface area contributed by atoms with Crippen molar-refractivity contribution in [2.75, 3.05) is 6.54 Å². The van der Waals surface area contributed by atoms with E-state index in [0.717, 1.165) is 13.0 Å². The Balaban J connectivity index is 2.50. The second-order valence-electron chi connectivity index (χ2n) is 9.13. The molecule has 2 heterocycles. The lowest BCUT2D eigenvalue weighted by molar-refractivity contribution is -0.584. The molecule has 2 rings (SSSR count). The highest BCUT2D eigenvalue weighted by Crippen LogP contribution is 2.42. The Bertz CT molecular complexity index is 849. The summed E-state index contributed by atoms with van der Waals surface area (Å²) in [7, 11) is 0. The van der Waals surface area contributed by atoms with E-state index in [0.29, 0.717) is 12.0 Å². The molecule has 3 atom stereocenters. The molecule has 0 saturated carbocycles. The van der Waals surface area contributed by atoms with Crippen LogP contribution in [0.3, 0.4) is 0 Å². The van der Waals surface area contributed by atoms with Gasteiger partial charge in [0, 0.05) is 23.7 Å². The molecule has 0 radical (unpaired) electrons. The van der Waals surface area contributed by atoms with E-state index in [-0.39, 0.29) is 5.41 Å². The van der Waals surface area contributed by atoms with Gasteiger partial charge in [0.15, 0.2) is 18.1 Å². The molecule has 0 fully saturated rings. The first-order valence-corrected chi connectivity index (χ1v) is 11.1. The first-order chi connectivity index (χ1) is 13.6. The van der Waals surface area contributed by atoms with E-state index < -0.39 is 0 Å². The number of likely N-dealkylation sites (N-methyl/N-ethyl adjacent to an activating group) is 1. The molecule has 0 saturated heterocycles. The van der Waals surface area contributed by atoms with Gasteiger partial charge in [0.2, 0.25) is 0 Å². The third-order valence-electron chi connectivity index (χ3n) is 6.73. The molecule has 0 aromatic carbocycles. The van der Waals surface area contributed by atoms with E-state index in [1.807, 2.05) is 0 Å². The van der Waals surface area contributed by atoms with Crippen LogP contribution in [0.15, 0.2) is 58.9 Å². The first-order valence-electron chi connectivity index (χ1n) is 11.1. The Morgan fingerprint density at radius 3 is 2.48 bits per heavy atom. The molecule has 2 unspecified atom stereocenters. The SMILES string of the molecule is CCNC(C)/C=C1/C=C[n+]2cc(C)ccc2[C@@]1(C)C(C)C/C=C(\C)C(C)=C(C)C. The van der Waals surface area contributed by atoms with E-state index in [2.05, 4.69) is 115 Å². The average Bonchev–Trinajstić information content (AvgIpc) is 2.67. The molecule has 158 valence electrons. The van der Waals surface area contributed by atoms with E-state index >= 15 is 0 Å². The number of rotatable bonds is 7. The third-order valence-corrected chi connectivity index (χ3v) is 6.73. The maximum Gasteiger partial charge on any atom is 0.197 e. The summed E-state index contributed by atoms with van der Waals surface area (Å²) in [5.74, 6) is 0.474. The zero-order chi connectivity index (χ0) is 21.8. The topological polar surface area (TPSA) is 15.9 Å². The van der Waals surface area contributed by atoms with Gasteiger partial charge in [0.1, 0.15) is 0 Å². The Labute approximate surface area is 179 Å². The van der Waals surface area contributed by atoms with Crippen molar-refractivity contribution < 1.29 is 4.57 Å². The smallest absolute Gasteiger partial charge is 0.197 e. The van der Waals surface area contributed by atoms with Gasteiger partial charge in [-0.3, -0.25) is 0 Å². The number of pyridine rings is 1. The van der Waals surface area contributed by atoms with Gasteiger partial charge in [-0.15, -0.1) is 0 Å². The standard InChI is InChI=1S/C27H41N2/c1-10-28-23(7)17-25-15-16-29-18-20(4)11-14-26(29)27(25,9)22(6)13-12-21(5)24(8)19(2)3/h11-12,14-18,22-23,28H,10,13H2,1-9H3/q+1/b21-12+,25-17-/t22?,23?,27-/m0/s1. The Hall–Kier alpha value is -1.93. The van der Waals surface area contributed by atoms with Crippen molar-refractivity contribution in [1.29, 1.82) is 0 Å². The quantitative estimate of drug-likeness (QED) is 0.426. The summed E-state index contributed by atoms with van der Waals surface area (Å²) in [5.41, 5.74) is 8.24. The highest BCUT2D eigenvalue weighted by Gasteiger charge is 2.44. The van der Waals surface area contributed by atoms with Crippen LogP contribution in [0.4, 0.5) is 0 Å². The number of nitrogens with zero attached hydrogens (tertiary/aromatic N) is 1.